The fourth-order valence-corrected chi connectivity index (χ4v) is 0.413. The number of nitrogens with zero attached hydrogens (tertiary/aromatic N) is 2. The molecule has 0 atom stereocenters. The van der Waals surface area contributed by atoms with Crippen molar-refractivity contribution in [1.29, 1.82) is 0 Å². The number of rotatable bonds is 1. The second-order valence-electron chi connectivity index (χ2n) is 1.41. The Labute approximate surface area is 46.7 Å². The minimum Gasteiger partial charge on any atom is -0.340 e. The van der Waals surface area contributed by atoms with Crippen molar-refractivity contribution in [3.8, 4) is 0 Å². The smallest absolute Gasteiger partial charge is 0.223 e. The summed E-state index contributed by atoms with van der Waals surface area (Å²) in [5.74, 6) is 0.967. The van der Waals surface area contributed by atoms with Crippen LogP contribution in [-0.2, 0) is 6.54 Å². The van der Waals surface area contributed by atoms with Crippen LogP contribution in [0.1, 0.15) is 11.7 Å². The maximum atomic E-state index is 6.77. The van der Waals surface area contributed by atoms with Crippen molar-refractivity contribution in [3.63, 3.8) is 0 Å². The fraction of sp³-hybridized carbons (Fsp3) is 0.500. The summed E-state index contributed by atoms with van der Waals surface area (Å²) in [7, 11) is 0. The van der Waals surface area contributed by atoms with Crippen LogP contribution in [0.4, 0.5) is 0 Å². The van der Waals surface area contributed by atoms with E-state index in [-0.39, 0.29) is 6.54 Å². The van der Waals surface area contributed by atoms with E-state index in [0.717, 1.165) is 0 Å². The Kier molecular flexibility index (Phi) is 1.26. The van der Waals surface area contributed by atoms with Crippen LogP contribution in [-0.4, -0.2) is 10.1 Å². The molecule has 0 aliphatic rings. The first-order chi connectivity index (χ1) is 3.83. The van der Waals surface area contributed by atoms with Gasteiger partial charge in [-0.15, -0.1) is 0 Å². The van der Waals surface area contributed by atoms with Gasteiger partial charge < -0.3 is 4.52 Å². The van der Waals surface area contributed by atoms with E-state index in [1.54, 1.807) is 6.92 Å². The van der Waals surface area contributed by atoms with Gasteiger partial charge in [0.05, 0.1) is 6.54 Å². The van der Waals surface area contributed by atoms with Gasteiger partial charge in [-0.1, -0.05) is 5.16 Å². The van der Waals surface area contributed by atoms with E-state index in [9.17, 15) is 0 Å². The van der Waals surface area contributed by atoms with Crippen molar-refractivity contribution in [2.75, 3.05) is 0 Å². The van der Waals surface area contributed by atoms with Crippen LogP contribution in [0.3, 0.4) is 0 Å². The lowest BCUT2D eigenvalue weighted by Gasteiger charge is -1.73. The molecule has 0 fully saturated rings. The molecule has 0 aromatic carbocycles. The Balaban J connectivity index is 2.84. The lowest BCUT2D eigenvalue weighted by Crippen LogP contribution is -1.85. The van der Waals surface area contributed by atoms with E-state index in [2.05, 4.69) is 14.7 Å². The van der Waals surface area contributed by atoms with Crippen molar-refractivity contribution < 1.29 is 4.52 Å². The average molecular weight is 112 g/mol. The van der Waals surface area contributed by atoms with Crippen LogP contribution in [0.2, 0.25) is 0 Å². The van der Waals surface area contributed by atoms with Crippen LogP contribution >= 0.6 is 0 Å². The molecule has 8 heavy (non-hydrogen) atoms. The van der Waals surface area contributed by atoms with Crippen molar-refractivity contribution in [1.82, 2.24) is 15.9 Å². The lowest BCUT2D eigenvalue weighted by molar-refractivity contribution is 0.387. The van der Waals surface area contributed by atoms with Gasteiger partial charge in [0.15, 0.2) is 5.82 Å². The molecule has 1 rings (SSSR count). The largest absolute Gasteiger partial charge is 0.340 e. The molecule has 4 nitrogen and oxygen atoms in total. The molecule has 1 aromatic heterocycles. The predicted molar refractivity (Wildman–Crippen MR) is 25.8 cm³/mol. The number of hydrogen-bond acceptors (Lipinski definition) is 3. The number of aromatic nitrogens is 2. The summed E-state index contributed by atoms with van der Waals surface area (Å²) in [5.41, 5.74) is 6.77. The van der Waals surface area contributed by atoms with Gasteiger partial charge in [-0.05, 0) is 0 Å². The molecule has 0 amide bonds. The minimum absolute atomic E-state index is 0.0946. The summed E-state index contributed by atoms with van der Waals surface area (Å²) in [6.45, 7) is 1.80. The van der Waals surface area contributed by atoms with Crippen molar-refractivity contribution >= 4 is 0 Å². The quantitative estimate of drug-likeness (QED) is 0.519. The SMILES string of the molecule is Cc1nc(C[NH])no1. The third-order valence-corrected chi connectivity index (χ3v) is 0.728. The molecule has 0 spiro atoms. The molecular weight excluding hydrogens is 106 g/mol. The molecule has 1 aromatic rings. The molecule has 0 aliphatic carbocycles. The van der Waals surface area contributed by atoms with E-state index in [1.165, 1.54) is 0 Å². The second kappa shape index (κ2) is 1.92. The summed E-state index contributed by atoms with van der Waals surface area (Å²) in [5, 5.41) is 3.46. The maximum absolute atomic E-state index is 6.77. The summed E-state index contributed by atoms with van der Waals surface area (Å²) < 4.78 is 4.57. The van der Waals surface area contributed by atoms with Gasteiger partial charge in [-0.3, -0.25) is 0 Å². The highest BCUT2D eigenvalue weighted by Crippen LogP contribution is 1.91. The molecule has 1 radical (unpaired) electrons. The van der Waals surface area contributed by atoms with E-state index in [4.69, 9.17) is 5.73 Å². The minimum atomic E-state index is 0.0946. The second-order valence-corrected chi connectivity index (χ2v) is 1.41. The monoisotopic (exact) mass is 112 g/mol. The Morgan fingerprint density at radius 3 is 2.75 bits per heavy atom. The summed E-state index contributed by atoms with van der Waals surface area (Å²) in [6.07, 6.45) is 0. The van der Waals surface area contributed by atoms with Crippen LogP contribution < -0.4 is 5.73 Å². The molecule has 0 unspecified atom stereocenters. The zero-order valence-corrected chi connectivity index (χ0v) is 4.51. The topological polar surface area (TPSA) is 62.7 Å². The van der Waals surface area contributed by atoms with Crippen LogP contribution in [0.15, 0.2) is 4.52 Å². The first-order valence-electron chi connectivity index (χ1n) is 2.26. The highest BCUT2D eigenvalue weighted by Gasteiger charge is 1.95. The van der Waals surface area contributed by atoms with Crippen LogP contribution in [0.5, 0.6) is 0 Å². The van der Waals surface area contributed by atoms with Gasteiger partial charge in [0, 0.05) is 6.92 Å². The number of nitrogens with one attached hydrogen (secondary N) is 1. The Hall–Kier alpha value is -0.900. The van der Waals surface area contributed by atoms with E-state index < -0.39 is 0 Å². The third kappa shape index (κ3) is 0.840. The van der Waals surface area contributed by atoms with E-state index in [0.29, 0.717) is 11.7 Å². The standard InChI is InChI=1S/C4H6N3O/c1-3-6-4(2-5)7-8-3/h5H,2H2,1H3. The van der Waals surface area contributed by atoms with Crippen molar-refractivity contribution in [2.45, 2.75) is 13.5 Å². The highest BCUT2D eigenvalue weighted by atomic mass is 16.5. The Morgan fingerprint density at radius 1 is 1.75 bits per heavy atom. The zero-order valence-electron chi connectivity index (χ0n) is 4.51. The molecule has 43 valence electrons. The normalized spacial score (nSPS) is 9.75. The van der Waals surface area contributed by atoms with Gasteiger partial charge in [-0.25, -0.2) is 5.73 Å². The van der Waals surface area contributed by atoms with Gasteiger partial charge in [0.2, 0.25) is 5.89 Å². The zero-order chi connectivity index (χ0) is 5.98. The van der Waals surface area contributed by atoms with Gasteiger partial charge in [0.25, 0.3) is 0 Å². The van der Waals surface area contributed by atoms with Crippen molar-refractivity contribution in [2.24, 2.45) is 0 Å². The Bertz CT molecular complexity index is 172. The van der Waals surface area contributed by atoms with Crippen LogP contribution in [0.25, 0.3) is 0 Å². The predicted octanol–water partition coefficient (Wildman–Crippen LogP) is 0.161. The number of hydrogen-bond donors (Lipinski definition) is 0. The molecule has 1 heterocycles. The molecule has 0 saturated carbocycles. The molecular formula is C4H6N3O. The summed E-state index contributed by atoms with van der Waals surface area (Å²) in [6, 6.07) is 0. The van der Waals surface area contributed by atoms with Gasteiger partial charge >= 0.3 is 0 Å². The highest BCUT2D eigenvalue weighted by molar-refractivity contribution is 4.80. The molecule has 0 aliphatic heterocycles. The molecule has 4 heteroatoms. The molecule has 0 bridgehead atoms. The summed E-state index contributed by atoms with van der Waals surface area (Å²) in [4.78, 5) is 3.76. The van der Waals surface area contributed by atoms with Crippen molar-refractivity contribution in [3.05, 3.63) is 11.7 Å². The first kappa shape index (κ1) is 5.24. The Morgan fingerprint density at radius 2 is 2.50 bits per heavy atom. The fourth-order valence-electron chi connectivity index (χ4n) is 0.413. The average Bonchev–Trinajstić information content (AvgIpc) is 2.14. The number of aryl methyl sites for hydroxylation is 1. The molecule has 0 saturated heterocycles. The molecule has 1 N–H and O–H groups in total. The van der Waals surface area contributed by atoms with Crippen LogP contribution in [0, 0.1) is 6.92 Å². The van der Waals surface area contributed by atoms with E-state index in [1.807, 2.05) is 0 Å². The maximum Gasteiger partial charge on any atom is 0.223 e. The van der Waals surface area contributed by atoms with Gasteiger partial charge in [-0.2, -0.15) is 4.98 Å². The third-order valence-electron chi connectivity index (χ3n) is 0.728. The van der Waals surface area contributed by atoms with Gasteiger partial charge in [0.1, 0.15) is 0 Å². The first-order valence-corrected chi connectivity index (χ1v) is 2.26. The van der Waals surface area contributed by atoms with E-state index >= 15 is 0 Å². The summed E-state index contributed by atoms with van der Waals surface area (Å²) >= 11 is 0. The lowest BCUT2D eigenvalue weighted by atomic mass is 10.6.